The first-order valence-electron chi connectivity index (χ1n) is 6.74. The highest BCUT2D eigenvalue weighted by atomic mass is 13.9. The van der Waals surface area contributed by atoms with Crippen LogP contribution in [-0.2, 0) is 0 Å². The fourth-order valence-corrected chi connectivity index (χ4v) is 0.883. The third-order valence-electron chi connectivity index (χ3n) is 1.72. The molecule has 0 amide bonds. The summed E-state index contributed by atoms with van der Waals surface area (Å²) in [5, 5.41) is 0. The van der Waals surface area contributed by atoms with Crippen LogP contribution in [0.25, 0.3) is 12.2 Å². The van der Waals surface area contributed by atoms with Crippen molar-refractivity contribution in [2.75, 3.05) is 0 Å². The highest BCUT2D eigenvalue weighted by Gasteiger charge is 1.89. The second-order valence-corrected chi connectivity index (χ2v) is 2.73. The zero-order valence-corrected chi connectivity index (χ0v) is 12.9. The Hall–Kier alpha value is -1.56. The van der Waals surface area contributed by atoms with Crippen LogP contribution in [0.5, 0.6) is 0 Å². The number of benzene rings is 1. The van der Waals surface area contributed by atoms with Crippen molar-refractivity contribution in [3.63, 3.8) is 0 Å². The first kappa shape index (κ1) is 21.7. The van der Waals surface area contributed by atoms with Gasteiger partial charge in [-0.2, -0.15) is 0 Å². The number of allylic oxidation sites excluding steroid dienone is 1. The quantitative estimate of drug-likeness (QED) is 0.526. The molecule has 0 heteroatoms. The van der Waals surface area contributed by atoms with Gasteiger partial charge >= 0.3 is 0 Å². The molecule has 0 unspecified atom stereocenters. The lowest BCUT2D eigenvalue weighted by atomic mass is 10.1. The first-order chi connectivity index (χ1) is 8.79. The van der Waals surface area contributed by atoms with E-state index in [2.05, 4.69) is 26.7 Å². The summed E-state index contributed by atoms with van der Waals surface area (Å²) in [6, 6.07) is 8.02. The summed E-state index contributed by atoms with van der Waals surface area (Å²) in [4.78, 5) is 0. The van der Waals surface area contributed by atoms with E-state index in [4.69, 9.17) is 0 Å². The molecule has 1 aromatic rings. The number of hydrogen-bond acceptors (Lipinski definition) is 0. The maximum Gasteiger partial charge on any atom is -0.0190 e. The van der Waals surface area contributed by atoms with Crippen molar-refractivity contribution in [1.29, 1.82) is 0 Å². The van der Waals surface area contributed by atoms with Gasteiger partial charge in [0.2, 0.25) is 0 Å². The summed E-state index contributed by atoms with van der Waals surface area (Å²) in [6.45, 7) is 20.9. The molecule has 0 spiro atoms. The predicted octanol–water partition coefficient (Wildman–Crippen LogP) is 6.61. The highest BCUT2D eigenvalue weighted by molar-refractivity contribution is 5.63. The Kier molecular flexibility index (Phi) is 25.1. The van der Waals surface area contributed by atoms with Crippen LogP contribution in [0.4, 0.5) is 0 Å². The second-order valence-electron chi connectivity index (χ2n) is 2.73. The molecule has 0 nitrogen and oxygen atoms in total. The van der Waals surface area contributed by atoms with Crippen molar-refractivity contribution in [1.82, 2.24) is 0 Å². The Morgan fingerprint density at radius 3 is 1.28 bits per heavy atom. The van der Waals surface area contributed by atoms with E-state index in [0.29, 0.717) is 0 Å². The fourth-order valence-electron chi connectivity index (χ4n) is 0.883. The standard InChI is InChI=1S/C10H10.C4H8.2C2H6/c1-3-9-7-5-6-8-10(9)4-2;1-3-4-2;2*1-2/h3-8H,1-2H2;3H,1,4H2,2H3;2*1-2H3. The van der Waals surface area contributed by atoms with Crippen molar-refractivity contribution in [3.05, 3.63) is 61.2 Å². The van der Waals surface area contributed by atoms with Gasteiger partial charge in [-0.05, 0) is 17.5 Å². The number of hydrogen-bond donors (Lipinski definition) is 0. The maximum atomic E-state index is 3.69. The van der Waals surface area contributed by atoms with E-state index in [9.17, 15) is 0 Å². The monoisotopic (exact) mass is 246 g/mol. The molecule has 1 aromatic carbocycles. The molecule has 0 atom stereocenters. The predicted molar refractivity (Wildman–Crippen MR) is 89.8 cm³/mol. The second kappa shape index (κ2) is 20.8. The van der Waals surface area contributed by atoms with Gasteiger partial charge < -0.3 is 0 Å². The van der Waals surface area contributed by atoms with Gasteiger partial charge in [0.1, 0.15) is 0 Å². The molecule has 0 N–H and O–H groups in total. The zero-order chi connectivity index (χ0) is 14.8. The molecule has 102 valence electrons. The van der Waals surface area contributed by atoms with E-state index in [-0.39, 0.29) is 0 Å². The van der Waals surface area contributed by atoms with Gasteiger partial charge in [0.15, 0.2) is 0 Å². The third kappa shape index (κ3) is 12.5. The molecule has 0 aromatic heterocycles. The molecule has 18 heavy (non-hydrogen) atoms. The van der Waals surface area contributed by atoms with Crippen molar-refractivity contribution in [2.45, 2.75) is 41.0 Å². The van der Waals surface area contributed by atoms with Gasteiger partial charge in [0, 0.05) is 0 Å². The maximum absolute atomic E-state index is 3.69. The van der Waals surface area contributed by atoms with Gasteiger partial charge in [0.05, 0.1) is 0 Å². The topological polar surface area (TPSA) is 0 Å². The Labute approximate surface area is 115 Å². The van der Waals surface area contributed by atoms with Crippen LogP contribution in [0.15, 0.2) is 50.1 Å². The zero-order valence-electron chi connectivity index (χ0n) is 12.9. The molecular weight excluding hydrogens is 216 g/mol. The lowest BCUT2D eigenvalue weighted by Crippen LogP contribution is -1.76. The Morgan fingerprint density at radius 1 is 0.833 bits per heavy atom. The molecule has 1 rings (SSSR count). The van der Waals surface area contributed by atoms with E-state index in [1.807, 2.05) is 70.2 Å². The summed E-state index contributed by atoms with van der Waals surface area (Å²) in [5.41, 5.74) is 2.27. The van der Waals surface area contributed by atoms with E-state index in [1.54, 1.807) is 0 Å². The van der Waals surface area contributed by atoms with Crippen LogP contribution in [0.3, 0.4) is 0 Å². The van der Waals surface area contributed by atoms with Gasteiger partial charge in [-0.3, -0.25) is 0 Å². The van der Waals surface area contributed by atoms with Crippen LogP contribution in [0.2, 0.25) is 0 Å². The molecule has 0 saturated carbocycles. The average Bonchev–Trinajstić information content (AvgIpc) is 2.51. The minimum absolute atomic E-state index is 1.08. The SMILES string of the molecule is C=CCC.C=Cc1ccccc1C=C.CC.CC. The lowest BCUT2D eigenvalue weighted by Gasteiger charge is -1.96. The van der Waals surface area contributed by atoms with Gasteiger partial charge in [0.25, 0.3) is 0 Å². The molecular formula is C18H30. The average molecular weight is 246 g/mol. The lowest BCUT2D eigenvalue weighted by molar-refractivity contribution is 1.23. The smallest absolute Gasteiger partial charge is 0.0190 e. The van der Waals surface area contributed by atoms with E-state index in [1.165, 1.54) is 0 Å². The van der Waals surface area contributed by atoms with Crippen LogP contribution in [0.1, 0.15) is 52.2 Å². The summed E-state index contributed by atoms with van der Waals surface area (Å²) < 4.78 is 0. The normalized spacial score (nSPS) is 6.94. The van der Waals surface area contributed by atoms with Crippen LogP contribution in [0, 0.1) is 0 Å². The molecule has 0 aliphatic rings. The van der Waals surface area contributed by atoms with Crippen molar-refractivity contribution < 1.29 is 0 Å². The summed E-state index contributed by atoms with van der Waals surface area (Å²) >= 11 is 0. The van der Waals surface area contributed by atoms with Gasteiger partial charge in [-0.15, -0.1) is 6.58 Å². The van der Waals surface area contributed by atoms with Crippen LogP contribution >= 0.6 is 0 Å². The summed E-state index contributed by atoms with van der Waals surface area (Å²) in [5.74, 6) is 0. The minimum atomic E-state index is 1.08. The van der Waals surface area contributed by atoms with Gasteiger partial charge in [-0.1, -0.05) is 90.3 Å². The highest BCUT2D eigenvalue weighted by Crippen LogP contribution is 2.10. The molecule has 0 radical (unpaired) electrons. The minimum Gasteiger partial charge on any atom is -0.103 e. The molecule has 0 aliphatic heterocycles. The fraction of sp³-hybridized carbons (Fsp3) is 0.333. The molecule has 0 heterocycles. The molecule has 0 bridgehead atoms. The third-order valence-corrected chi connectivity index (χ3v) is 1.72. The van der Waals surface area contributed by atoms with Crippen molar-refractivity contribution in [3.8, 4) is 0 Å². The van der Waals surface area contributed by atoms with Crippen molar-refractivity contribution >= 4 is 12.2 Å². The molecule has 0 saturated heterocycles. The number of rotatable bonds is 3. The van der Waals surface area contributed by atoms with E-state index in [0.717, 1.165) is 17.5 Å². The molecule has 0 fully saturated rings. The summed E-state index contributed by atoms with van der Waals surface area (Å²) in [7, 11) is 0. The van der Waals surface area contributed by atoms with Crippen LogP contribution < -0.4 is 0 Å². The van der Waals surface area contributed by atoms with E-state index >= 15 is 0 Å². The van der Waals surface area contributed by atoms with Crippen LogP contribution in [-0.4, -0.2) is 0 Å². The largest absolute Gasteiger partial charge is 0.103 e. The Bertz CT molecular complexity index is 268. The Morgan fingerprint density at radius 2 is 1.11 bits per heavy atom. The first-order valence-corrected chi connectivity index (χ1v) is 6.74. The molecule has 0 aliphatic carbocycles. The van der Waals surface area contributed by atoms with E-state index < -0.39 is 0 Å². The van der Waals surface area contributed by atoms with Gasteiger partial charge in [-0.25, -0.2) is 0 Å². The van der Waals surface area contributed by atoms with Crippen molar-refractivity contribution in [2.24, 2.45) is 0 Å². The summed E-state index contributed by atoms with van der Waals surface area (Å²) in [6.07, 6.45) is 6.62. The Balaban J connectivity index is -0.000000238.